The molecule has 0 aliphatic carbocycles. The first-order chi connectivity index (χ1) is 7.84. The van der Waals surface area contributed by atoms with Gasteiger partial charge in [0.2, 0.25) is 0 Å². The fourth-order valence-electron chi connectivity index (χ4n) is 1.73. The quantitative estimate of drug-likeness (QED) is 0.756. The number of rotatable bonds is 5. The van der Waals surface area contributed by atoms with E-state index in [1.807, 2.05) is 18.2 Å². The highest BCUT2D eigenvalue weighted by Gasteiger charge is 2.21. The third-order valence-electron chi connectivity index (χ3n) is 2.58. The predicted octanol–water partition coefficient (Wildman–Crippen LogP) is 1.11. The van der Waals surface area contributed by atoms with Crippen molar-refractivity contribution in [1.29, 1.82) is 0 Å². The molecular weight excluding hydrogens is 205 g/mol. The van der Waals surface area contributed by atoms with Gasteiger partial charge in [-0.1, -0.05) is 18.2 Å². The van der Waals surface area contributed by atoms with Crippen molar-refractivity contribution in [2.75, 3.05) is 19.8 Å². The van der Waals surface area contributed by atoms with E-state index in [4.69, 9.17) is 9.31 Å². The second kappa shape index (κ2) is 5.89. The Morgan fingerprint density at radius 2 is 1.88 bits per heavy atom. The van der Waals surface area contributed by atoms with Crippen LogP contribution in [-0.4, -0.2) is 37.1 Å². The van der Waals surface area contributed by atoms with Crippen LogP contribution in [0.3, 0.4) is 0 Å². The maximum Gasteiger partial charge on any atom is 0.711 e. The van der Waals surface area contributed by atoms with E-state index in [1.165, 1.54) is 12.8 Å². The van der Waals surface area contributed by atoms with Crippen LogP contribution in [0.1, 0.15) is 12.8 Å². The highest BCUT2D eigenvalue weighted by Crippen LogP contribution is 2.10. The van der Waals surface area contributed by atoms with E-state index in [1.54, 1.807) is 12.1 Å². The van der Waals surface area contributed by atoms with Gasteiger partial charge in [-0.15, -0.1) is 0 Å². The molecule has 0 saturated carbocycles. The van der Waals surface area contributed by atoms with E-state index in [0.717, 1.165) is 13.1 Å². The molecule has 0 unspecified atom stereocenters. The number of para-hydroxylation sites is 1. The molecule has 0 amide bonds. The predicted molar refractivity (Wildman–Crippen MR) is 61.8 cm³/mol. The lowest BCUT2D eigenvalue weighted by Gasteiger charge is -2.16. The number of benzene rings is 1. The summed E-state index contributed by atoms with van der Waals surface area (Å²) in [6, 6.07) is 9.15. The average Bonchev–Trinajstić information content (AvgIpc) is 2.81. The van der Waals surface area contributed by atoms with Crippen molar-refractivity contribution in [2.24, 2.45) is 0 Å². The number of hydrogen-bond acceptors (Lipinski definition) is 4. The molecule has 4 nitrogen and oxygen atoms in total. The van der Waals surface area contributed by atoms with Gasteiger partial charge >= 0.3 is 7.32 Å². The Morgan fingerprint density at radius 3 is 2.56 bits per heavy atom. The summed E-state index contributed by atoms with van der Waals surface area (Å²) in [6.07, 6.45) is 2.41. The highest BCUT2D eigenvalue weighted by molar-refractivity contribution is 6.35. The van der Waals surface area contributed by atoms with Crippen LogP contribution in [0.4, 0.5) is 0 Å². The zero-order valence-corrected chi connectivity index (χ0v) is 9.21. The first-order valence-electron chi connectivity index (χ1n) is 5.58. The van der Waals surface area contributed by atoms with Crippen molar-refractivity contribution in [3.8, 4) is 5.75 Å². The molecule has 2 rings (SSSR count). The standard InChI is InChI=1S/C11H16BNO3/c14-12(15-10-13-8-4-5-9-13)16-11-6-2-1-3-7-11/h1-3,6-7,14H,4-5,8-10H2. The molecule has 1 aromatic carbocycles. The Balaban J connectivity index is 1.69. The minimum Gasteiger partial charge on any atom is -0.512 e. The van der Waals surface area contributed by atoms with Crippen molar-refractivity contribution in [2.45, 2.75) is 12.8 Å². The maximum absolute atomic E-state index is 9.49. The number of nitrogens with zero attached hydrogens (tertiary/aromatic N) is 1. The van der Waals surface area contributed by atoms with Crippen LogP contribution >= 0.6 is 0 Å². The third-order valence-corrected chi connectivity index (χ3v) is 2.58. The van der Waals surface area contributed by atoms with Gasteiger partial charge in [0, 0.05) is 13.1 Å². The third kappa shape index (κ3) is 3.52. The molecule has 0 atom stereocenters. The van der Waals surface area contributed by atoms with Gasteiger partial charge in [-0.2, -0.15) is 0 Å². The van der Waals surface area contributed by atoms with Crippen LogP contribution in [-0.2, 0) is 4.65 Å². The summed E-state index contributed by atoms with van der Waals surface area (Å²) in [5, 5.41) is 9.49. The largest absolute Gasteiger partial charge is 0.711 e. The molecular formula is C11H16BNO3. The molecule has 1 aliphatic heterocycles. The number of hydrogen-bond donors (Lipinski definition) is 1. The summed E-state index contributed by atoms with van der Waals surface area (Å²) in [7, 11) is -1.19. The topological polar surface area (TPSA) is 41.9 Å². The van der Waals surface area contributed by atoms with Crippen molar-refractivity contribution in [1.82, 2.24) is 4.90 Å². The molecule has 1 fully saturated rings. The van der Waals surface area contributed by atoms with Crippen molar-refractivity contribution in [3.05, 3.63) is 30.3 Å². The lowest BCUT2D eigenvalue weighted by molar-refractivity contribution is 0.100. The SMILES string of the molecule is OB(OCN1CCCC1)Oc1ccccc1. The Hall–Kier alpha value is -1.04. The zero-order valence-electron chi connectivity index (χ0n) is 9.21. The van der Waals surface area contributed by atoms with Crippen LogP contribution in [0.5, 0.6) is 5.75 Å². The molecule has 1 saturated heterocycles. The monoisotopic (exact) mass is 221 g/mol. The molecule has 0 radical (unpaired) electrons. The number of likely N-dealkylation sites (tertiary alicyclic amines) is 1. The summed E-state index contributed by atoms with van der Waals surface area (Å²) in [5.74, 6) is 0.608. The zero-order chi connectivity index (χ0) is 11.2. The normalized spacial score (nSPS) is 16.3. The van der Waals surface area contributed by atoms with Crippen molar-refractivity contribution >= 4 is 7.32 Å². The Bertz CT molecular complexity index is 303. The van der Waals surface area contributed by atoms with Crippen LogP contribution < -0.4 is 4.65 Å². The fourth-order valence-corrected chi connectivity index (χ4v) is 1.73. The molecule has 5 heteroatoms. The van der Waals surface area contributed by atoms with Crippen LogP contribution in [0.2, 0.25) is 0 Å². The second-order valence-electron chi connectivity index (χ2n) is 3.86. The van der Waals surface area contributed by atoms with E-state index in [-0.39, 0.29) is 0 Å². The summed E-state index contributed by atoms with van der Waals surface area (Å²) in [4.78, 5) is 2.15. The molecule has 0 bridgehead atoms. The van der Waals surface area contributed by atoms with Gasteiger partial charge in [0.1, 0.15) is 5.75 Å². The van der Waals surface area contributed by atoms with Crippen LogP contribution in [0.15, 0.2) is 30.3 Å². The second-order valence-corrected chi connectivity index (χ2v) is 3.86. The minimum absolute atomic E-state index is 0.425. The van der Waals surface area contributed by atoms with E-state index in [2.05, 4.69) is 4.90 Å². The first kappa shape index (κ1) is 11.5. The van der Waals surface area contributed by atoms with Crippen LogP contribution in [0, 0.1) is 0 Å². The van der Waals surface area contributed by atoms with Crippen molar-refractivity contribution in [3.63, 3.8) is 0 Å². The minimum atomic E-state index is -1.19. The van der Waals surface area contributed by atoms with Gasteiger partial charge in [-0.05, 0) is 25.0 Å². The van der Waals surface area contributed by atoms with E-state index >= 15 is 0 Å². The first-order valence-corrected chi connectivity index (χ1v) is 5.58. The van der Waals surface area contributed by atoms with Gasteiger partial charge in [-0.3, -0.25) is 4.90 Å². The van der Waals surface area contributed by atoms with Gasteiger partial charge in [0.05, 0.1) is 6.73 Å². The molecule has 1 heterocycles. The molecule has 86 valence electrons. The summed E-state index contributed by atoms with van der Waals surface area (Å²) in [5.41, 5.74) is 0. The molecule has 0 spiro atoms. The lowest BCUT2D eigenvalue weighted by atomic mass is 10.2. The van der Waals surface area contributed by atoms with Gasteiger partial charge in [0.25, 0.3) is 0 Å². The smallest absolute Gasteiger partial charge is 0.512 e. The Labute approximate surface area is 96.0 Å². The molecule has 0 aromatic heterocycles. The Kier molecular flexibility index (Phi) is 4.21. The van der Waals surface area contributed by atoms with Crippen LogP contribution in [0.25, 0.3) is 0 Å². The van der Waals surface area contributed by atoms with Gasteiger partial charge in [-0.25, -0.2) is 0 Å². The summed E-state index contributed by atoms with van der Waals surface area (Å²) >= 11 is 0. The molecule has 16 heavy (non-hydrogen) atoms. The molecule has 1 N–H and O–H groups in total. The summed E-state index contributed by atoms with van der Waals surface area (Å²) in [6.45, 7) is 2.50. The maximum atomic E-state index is 9.49. The molecule has 1 aromatic rings. The Morgan fingerprint density at radius 1 is 1.19 bits per heavy atom. The summed E-state index contributed by atoms with van der Waals surface area (Å²) < 4.78 is 10.4. The average molecular weight is 221 g/mol. The van der Waals surface area contributed by atoms with E-state index in [9.17, 15) is 5.02 Å². The lowest BCUT2D eigenvalue weighted by Crippen LogP contribution is -2.33. The van der Waals surface area contributed by atoms with E-state index in [0.29, 0.717) is 12.5 Å². The van der Waals surface area contributed by atoms with Gasteiger partial charge in [0.15, 0.2) is 0 Å². The highest BCUT2D eigenvalue weighted by atomic mass is 16.7. The molecule has 1 aliphatic rings. The van der Waals surface area contributed by atoms with Crippen molar-refractivity contribution < 1.29 is 14.3 Å². The van der Waals surface area contributed by atoms with E-state index < -0.39 is 7.32 Å². The fraction of sp³-hybridized carbons (Fsp3) is 0.455. The van der Waals surface area contributed by atoms with Gasteiger partial charge < -0.3 is 14.3 Å².